The summed E-state index contributed by atoms with van der Waals surface area (Å²) in [6.07, 6.45) is 28.0. The van der Waals surface area contributed by atoms with E-state index in [0.717, 1.165) is 19.3 Å². The molecule has 0 radical (unpaired) electrons. The van der Waals surface area contributed by atoms with Crippen molar-refractivity contribution >= 4 is 17.4 Å². The molecular formula is C55H47NS. The minimum atomic E-state index is -0.379. The molecule has 0 aromatic heterocycles. The lowest BCUT2D eigenvalue weighted by atomic mass is 9.49. The fraction of sp³-hybridized carbons (Fsp3) is 0.236. The lowest BCUT2D eigenvalue weighted by molar-refractivity contribution is 0.227. The van der Waals surface area contributed by atoms with Crippen LogP contribution in [0.15, 0.2) is 191 Å². The van der Waals surface area contributed by atoms with Crippen molar-refractivity contribution in [3.05, 3.63) is 219 Å². The third-order valence-electron chi connectivity index (χ3n) is 14.9. The first kappa shape index (κ1) is 33.8. The molecule has 3 atom stereocenters. The molecule has 5 aromatic rings. The Morgan fingerprint density at radius 2 is 1.35 bits per heavy atom. The fourth-order valence-electron chi connectivity index (χ4n) is 12.8. The molecule has 3 unspecified atom stereocenters. The highest BCUT2D eigenvalue weighted by Gasteiger charge is 2.61. The van der Waals surface area contributed by atoms with Crippen molar-refractivity contribution in [2.45, 2.75) is 68.7 Å². The minimum Gasteiger partial charge on any atom is -0.334 e. The predicted octanol–water partition coefficient (Wildman–Crippen LogP) is 14.0. The Labute approximate surface area is 341 Å². The van der Waals surface area contributed by atoms with Crippen molar-refractivity contribution in [1.82, 2.24) is 0 Å². The SMILES string of the molecule is CC1(C2(c3ccccc3)c3ccccc3-c3ccccc32)C=CC=C2SC3=C(CC(N(C4=CCCC=C4)c4cccc5c4-c4ccccc4C54CCCC4)C=C3)C21. The van der Waals surface area contributed by atoms with E-state index in [-0.39, 0.29) is 28.2 Å². The molecule has 1 spiro atoms. The van der Waals surface area contributed by atoms with Crippen molar-refractivity contribution in [3.63, 3.8) is 0 Å². The molecular weight excluding hydrogens is 707 g/mol. The van der Waals surface area contributed by atoms with Gasteiger partial charge in [-0.15, -0.1) is 0 Å². The maximum atomic E-state index is 2.75. The topological polar surface area (TPSA) is 3.24 Å². The van der Waals surface area contributed by atoms with E-state index in [1.807, 2.05) is 11.8 Å². The summed E-state index contributed by atoms with van der Waals surface area (Å²) in [6.45, 7) is 2.59. The smallest absolute Gasteiger partial charge is 0.0563 e. The summed E-state index contributed by atoms with van der Waals surface area (Å²) < 4.78 is 0. The molecule has 1 nitrogen and oxygen atoms in total. The Bertz CT molecular complexity index is 2630. The Kier molecular flexibility index (Phi) is 7.47. The van der Waals surface area contributed by atoms with E-state index >= 15 is 0 Å². The van der Waals surface area contributed by atoms with E-state index in [2.05, 4.69) is 182 Å². The molecule has 57 heavy (non-hydrogen) atoms. The molecule has 0 saturated heterocycles. The molecule has 0 amide bonds. The highest BCUT2D eigenvalue weighted by molar-refractivity contribution is 8.07. The second kappa shape index (κ2) is 12.6. The summed E-state index contributed by atoms with van der Waals surface area (Å²) in [5.41, 5.74) is 16.7. The summed E-state index contributed by atoms with van der Waals surface area (Å²) in [4.78, 5) is 5.67. The van der Waals surface area contributed by atoms with E-state index in [0.29, 0.717) is 0 Å². The van der Waals surface area contributed by atoms with Gasteiger partial charge in [-0.05, 0) is 99.2 Å². The van der Waals surface area contributed by atoms with Crippen molar-refractivity contribution in [1.29, 1.82) is 0 Å². The van der Waals surface area contributed by atoms with Crippen LogP contribution in [-0.4, -0.2) is 6.04 Å². The fourth-order valence-corrected chi connectivity index (χ4v) is 14.2. The third kappa shape index (κ3) is 4.48. The van der Waals surface area contributed by atoms with Crippen LogP contribution in [0.1, 0.15) is 79.7 Å². The van der Waals surface area contributed by atoms with Crippen LogP contribution in [0.5, 0.6) is 0 Å². The van der Waals surface area contributed by atoms with Gasteiger partial charge in [0.25, 0.3) is 0 Å². The Hall–Kier alpha value is -5.31. The molecule has 1 saturated carbocycles. The highest BCUT2D eigenvalue weighted by Crippen LogP contribution is 2.70. The average molecular weight is 754 g/mol. The number of hydrogen-bond acceptors (Lipinski definition) is 2. The zero-order chi connectivity index (χ0) is 37.8. The van der Waals surface area contributed by atoms with Gasteiger partial charge in [0, 0.05) is 38.6 Å². The normalized spacial score (nSPS) is 25.0. The number of anilines is 1. The van der Waals surface area contributed by atoms with E-state index in [9.17, 15) is 0 Å². The summed E-state index contributed by atoms with van der Waals surface area (Å²) >= 11 is 2.02. The number of nitrogens with zero attached hydrogens (tertiary/aromatic N) is 1. The Balaban J connectivity index is 1.03. The molecule has 0 bridgehead atoms. The molecule has 1 fully saturated rings. The van der Waals surface area contributed by atoms with Crippen LogP contribution >= 0.6 is 11.8 Å². The maximum Gasteiger partial charge on any atom is 0.0563 e. The second-order valence-electron chi connectivity index (χ2n) is 17.5. The van der Waals surface area contributed by atoms with Gasteiger partial charge in [-0.25, -0.2) is 0 Å². The van der Waals surface area contributed by atoms with Gasteiger partial charge in [0.1, 0.15) is 0 Å². The summed E-state index contributed by atoms with van der Waals surface area (Å²) in [5, 5.41) is 0. The number of allylic oxidation sites excluding steroid dienone is 8. The van der Waals surface area contributed by atoms with Crippen molar-refractivity contribution in [2.75, 3.05) is 4.90 Å². The van der Waals surface area contributed by atoms with E-state index in [1.165, 1.54) is 85.8 Å². The monoisotopic (exact) mass is 753 g/mol. The van der Waals surface area contributed by atoms with Gasteiger partial charge >= 0.3 is 0 Å². The number of benzene rings is 5. The van der Waals surface area contributed by atoms with E-state index < -0.39 is 0 Å². The average Bonchev–Trinajstić information content (AvgIpc) is 4.04. The van der Waals surface area contributed by atoms with Crippen LogP contribution in [0.25, 0.3) is 22.3 Å². The van der Waals surface area contributed by atoms with Gasteiger partial charge in [-0.3, -0.25) is 0 Å². The van der Waals surface area contributed by atoms with Crippen molar-refractivity contribution in [2.24, 2.45) is 11.3 Å². The standard InChI is InChI=1S/C55H47NS/c1-53(55(37-18-4-2-5-19-37)45-26-12-8-22-40(45)41-23-9-13-27-46(41)55)33-17-30-50-52(53)43-36-39(31-32-49(43)57-50)56(38-20-6-3-7-21-38)48-29-16-28-47-51(48)42-24-10-11-25-44(42)54(47)34-14-15-35-54/h2,4-6,8-13,16-33,39,52H,3,7,14-15,34-36H2,1H3. The van der Waals surface area contributed by atoms with Gasteiger partial charge in [-0.1, -0.05) is 189 Å². The largest absolute Gasteiger partial charge is 0.334 e. The summed E-state index contributed by atoms with van der Waals surface area (Å²) in [6, 6.07) is 46.8. The molecule has 1 aliphatic heterocycles. The van der Waals surface area contributed by atoms with Crippen molar-refractivity contribution < 1.29 is 0 Å². The first-order chi connectivity index (χ1) is 28.1. The summed E-state index contributed by atoms with van der Waals surface area (Å²) in [7, 11) is 0. The van der Waals surface area contributed by atoms with Crippen LogP contribution < -0.4 is 4.90 Å². The quantitative estimate of drug-likeness (QED) is 0.176. The predicted molar refractivity (Wildman–Crippen MR) is 239 cm³/mol. The van der Waals surface area contributed by atoms with Gasteiger partial charge in [0.15, 0.2) is 0 Å². The zero-order valence-corrected chi connectivity index (χ0v) is 33.4. The Morgan fingerprint density at radius 3 is 2.09 bits per heavy atom. The Morgan fingerprint density at radius 1 is 0.667 bits per heavy atom. The van der Waals surface area contributed by atoms with Crippen LogP contribution in [0.4, 0.5) is 5.69 Å². The highest BCUT2D eigenvalue weighted by atomic mass is 32.2. The van der Waals surface area contributed by atoms with Crippen LogP contribution in [0, 0.1) is 11.3 Å². The number of thioether (sulfide) groups is 1. The van der Waals surface area contributed by atoms with E-state index in [1.54, 1.807) is 16.7 Å². The molecule has 6 aliphatic carbocycles. The van der Waals surface area contributed by atoms with Crippen molar-refractivity contribution in [3.8, 4) is 22.3 Å². The number of rotatable bonds is 5. The molecule has 12 rings (SSSR count). The first-order valence-corrected chi connectivity index (χ1v) is 22.1. The molecule has 2 heteroatoms. The zero-order valence-electron chi connectivity index (χ0n) is 32.6. The first-order valence-electron chi connectivity index (χ1n) is 21.3. The van der Waals surface area contributed by atoms with Gasteiger partial charge < -0.3 is 4.90 Å². The van der Waals surface area contributed by atoms with Gasteiger partial charge in [0.05, 0.1) is 11.5 Å². The lowest BCUT2D eigenvalue weighted by Crippen LogP contribution is -2.49. The molecule has 1 heterocycles. The second-order valence-corrected chi connectivity index (χ2v) is 18.6. The maximum absolute atomic E-state index is 2.75. The molecule has 0 N–H and O–H groups in total. The van der Waals surface area contributed by atoms with Crippen LogP contribution in [-0.2, 0) is 10.8 Å². The van der Waals surface area contributed by atoms with E-state index in [4.69, 9.17) is 0 Å². The van der Waals surface area contributed by atoms with Crippen LogP contribution in [0.3, 0.4) is 0 Å². The number of fused-ring (bicyclic) bond motifs is 10. The minimum absolute atomic E-state index is 0.139. The van der Waals surface area contributed by atoms with Gasteiger partial charge in [0.2, 0.25) is 0 Å². The number of hydrogen-bond donors (Lipinski definition) is 0. The summed E-state index contributed by atoms with van der Waals surface area (Å²) in [5.74, 6) is 0.232. The molecule has 7 aliphatic rings. The molecule has 5 aromatic carbocycles. The van der Waals surface area contributed by atoms with Gasteiger partial charge in [-0.2, -0.15) is 0 Å². The lowest BCUT2D eigenvalue weighted by Gasteiger charge is -2.52. The third-order valence-corrected chi connectivity index (χ3v) is 16.1. The molecule has 278 valence electrons. The van der Waals surface area contributed by atoms with Crippen LogP contribution in [0.2, 0.25) is 0 Å².